The molecule has 3 amide bonds. The zero-order chi connectivity index (χ0) is 28.9. The van der Waals surface area contributed by atoms with E-state index in [0.717, 1.165) is 23.9 Å². The Bertz CT molecular complexity index is 1290. The summed E-state index contributed by atoms with van der Waals surface area (Å²) in [6.45, 7) is 5.84. The predicted octanol–water partition coefficient (Wildman–Crippen LogP) is 8.03. The summed E-state index contributed by atoms with van der Waals surface area (Å²) in [5.74, 6) is -0.809. The van der Waals surface area contributed by atoms with Crippen LogP contribution in [0.3, 0.4) is 0 Å². The third-order valence-corrected chi connectivity index (χ3v) is 7.12. The Morgan fingerprint density at radius 3 is 1.85 bits per heavy atom. The number of phenols is 1. The fraction of sp³-hybridized carbons (Fsp3) is 0.424. The fourth-order valence-electron chi connectivity index (χ4n) is 4.99. The van der Waals surface area contributed by atoms with Crippen LogP contribution in [0.5, 0.6) is 5.75 Å². The van der Waals surface area contributed by atoms with E-state index < -0.39 is 5.91 Å². The minimum atomic E-state index is -0.453. The van der Waals surface area contributed by atoms with Crippen LogP contribution in [0.4, 0.5) is 17.1 Å². The Morgan fingerprint density at radius 1 is 0.700 bits per heavy atom. The van der Waals surface area contributed by atoms with Crippen molar-refractivity contribution in [3.63, 3.8) is 0 Å². The summed E-state index contributed by atoms with van der Waals surface area (Å²) >= 11 is 0. The highest BCUT2D eigenvalue weighted by molar-refractivity contribution is 6.12. The molecule has 0 bridgehead atoms. The Kier molecular flexibility index (Phi) is 12.0. The van der Waals surface area contributed by atoms with Gasteiger partial charge < -0.3 is 20.6 Å². The highest BCUT2D eigenvalue weighted by Gasteiger charge is 2.19. The summed E-state index contributed by atoms with van der Waals surface area (Å²) < 4.78 is 0. The molecule has 214 valence electrons. The van der Waals surface area contributed by atoms with E-state index in [1.54, 1.807) is 60.4 Å². The van der Waals surface area contributed by atoms with E-state index in [1.807, 2.05) is 6.07 Å². The van der Waals surface area contributed by atoms with E-state index in [1.165, 1.54) is 58.3 Å². The fourth-order valence-corrected chi connectivity index (χ4v) is 4.99. The van der Waals surface area contributed by atoms with Crippen molar-refractivity contribution in [2.24, 2.45) is 0 Å². The molecule has 40 heavy (non-hydrogen) atoms. The summed E-state index contributed by atoms with van der Waals surface area (Å²) in [5.41, 5.74) is 2.03. The minimum absolute atomic E-state index is 0.0487. The first-order valence-electron chi connectivity index (χ1n) is 14.5. The maximum Gasteiger partial charge on any atom is 0.259 e. The molecule has 3 aromatic carbocycles. The summed E-state index contributed by atoms with van der Waals surface area (Å²) in [7, 11) is 0. The quantitative estimate of drug-likeness (QED) is 0.168. The van der Waals surface area contributed by atoms with E-state index in [9.17, 15) is 19.5 Å². The van der Waals surface area contributed by atoms with Crippen LogP contribution in [0, 0.1) is 0 Å². The van der Waals surface area contributed by atoms with Crippen molar-refractivity contribution in [3.05, 3.63) is 60.2 Å². The third kappa shape index (κ3) is 8.83. The first-order valence-corrected chi connectivity index (χ1v) is 14.5. The second-order valence-electron chi connectivity index (χ2n) is 10.4. The number of aromatic hydroxyl groups is 1. The van der Waals surface area contributed by atoms with Crippen molar-refractivity contribution in [2.75, 3.05) is 22.1 Å². The Labute approximate surface area is 238 Å². The van der Waals surface area contributed by atoms with Gasteiger partial charge in [-0.05, 0) is 42.8 Å². The Morgan fingerprint density at radius 2 is 1.27 bits per heavy atom. The number of carbonyl (C=O) groups excluding carboxylic acids is 3. The zero-order valence-electron chi connectivity index (χ0n) is 24.1. The lowest BCUT2D eigenvalue weighted by molar-refractivity contribution is -0.116. The SMILES string of the molecule is CCCCCCCCCCCCN(C(C)=O)c1cccc2c(O)c(C(=O)Nc3ccc(NC(C)=O)cc3)ccc12. The molecule has 0 atom stereocenters. The first-order chi connectivity index (χ1) is 19.3. The molecule has 0 heterocycles. The second-order valence-corrected chi connectivity index (χ2v) is 10.4. The minimum Gasteiger partial charge on any atom is -0.506 e. The van der Waals surface area contributed by atoms with Gasteiger partial charge in [-0.15, -0.1) is 0 Å². The smallest absolute Gasteiger partial charge is 0.259 e. The molecule has 3 N–H and O–H groups in total. The number of unbranched alkanes of at least 4 members (excludes halogenated alkanes) is 9. The molecular formula is C33H43N3O4. The molecule has 0 radical (unpaired) electrons. The van der Waals surface area contributed by atoms with Crippen molar-refractivity contribution >= 4 is 45.6 Å². The molecule has 0 saturated carbocycles. The van der Waals surface area contributed by atoms with E-state index in [-0.39, 0.29) is 23.1 Å². The lowest BCUT2D eigenvalue weighted by atomic mass is 10.0. The van der Waals surface area contributed by atoms with Crippen LogP contribution >= 0.6 is 0 Å². The third-order valence-electron chi connectivity index (χ3n) is 7.12. The van der Waals surface area contributed by atoms with Gasteiger partial charge in [-0.2, -0.15) is 0 Å². The largest absolute Gasteiger partial charge is 0.506 e. The number of amides is 3. The van der Waals surface area contributed by atoms with Gasteiger partial charge in [0, 0.05) is 42.5 Å². The topological polar surface area (TPSA) is 98.7 Å². The molecular weight excluding hydrogens is 502 g/mol. The van der Waals surface area contributed by atoms with Crippen LogP contribution in [0.25, 0.3) is 10.8 Å². The summed E-state index contributed by atoms with van der Waals surface area (Å²) in [4.78, 5) is 38.6. The summed E-state index contributed by atoms with van der Waals surface area (Å²) in [6, 6.07) is 15.5. The molecule has 0 aromatic heterocycles. The van der Waals surface area contributed by atoms with Gasteiger partial charge >= 0.3 is 0 Å². The number of hydrogen-bond donors (Lipinski definition) is 3. The monoisotopic (exact) mass is 545 g/mol. The van der Waals surface area contributed by atoms with Gasteiger partial charge in [0.25, 0.3) is 5.91 Å². The molecule has 0 aliphatic carbocycles. The molecule has 0 aliphatic heterocycles. The number of carbonyl (C=O) groups is 3. The normalized spacial score (nSPS) is 10.9. The highest BCUT2D eigenvalue weighted by atomic mass is 16.3. The van der Waals surface area contributed by atoms with Crippen LogP contribution < -0.4 is 15.5 Å². The maximum atomic E-state index is 13.0. The van der Waals surface area contributed by atoms with Crippen LogP contribution in [-0.2, 0) is 9.59 Å². The first kappa shape index (κ1) is 30.7. The number of rotatable bonds is 15. The maximum absolute atomic E-state index is 13.0. The number of hydrogen-bond acceptors (Lipinski definition) is 4. The van der Waals surface area contributed by atoms with Crippen LogP contribution in [0.2, 0.25) is 0 Å². The molecule has 0 saturated heterocycles. The Hall–Kier alpha value is -3.87. The van der Waals surface area contributed by atoms with Gasteiger partial charge in [-0.3, -0.25) is 14.4 Å². The van der Waals surface area contributed by atoms with Crippen molar-refractivity contribution in [1.82, 2.24) is 0 Å². The summed E-state index contributed by atoms with van der Waals surface area (Å²) in [5, 5.41) is 17.7. The molecule has 3 rings (SSSR count). The van der Waals surface area contributed by atoms with Crippen molar-refractivity contribution < 1.29 is 19.5 Å². The van der Waals surface area contributed by atoms with Crippen LogP contribution in [0.15, 0.2) is 54.6 Å². The average molecular weight is 546 g/mol. The van der Waals surface area contributed by atoms with Crippen molar-refractivity contribution in [3.8, 4) is 5.75 Å². The zero-order valence-corrected chi connectivity index (χ0v) is 24.1. The molecule has 0 aliphatic rings. The van der Waals surface area contributed by atoms with Gasteiger partial charge in [0.15, 0.2) is 0 Å². The lowest BCUT2D eigenvalue weighted by Crippen LogP contribution is -2.29. The molecule has 0 spiro atoms. The summed E-state index contributed by atoms with van der Waals surface area (Å²) in [6.07, 6.45) is 12.3. The van der Waals surface area contributed by atoms with E-state index in [0.29, 0.717) is 23.3 Å². The van der Waals surface area contributed by atoms with E-state index in [2.05, 4.69) is 17.6 Å². The van der Waals surface area contributed by atoms with Gasteiger partial charge in [-0.1, -0.05) is 82.9 Å². The van der Waals surface area contributed by atoms with Crippen LogP contribution in [-0.4, -0.2) is 29.4 Å². The number of anilines is 3. The van der Waals surface area contributed by atoms with E-state index >= 15 is 0 Å². The molecule has 0 unspecified atom stereocenters. The average Bonchev–Trinajstić information content (AvgIpc) is 2.92. The van der Waals surface area contributed by atoms with Gasteiger partial charge in [0.1, 0.15) is 5.75 Å². The van der Waals surface area contributed by atoms with Crippen molar-refractivity contribution in [2.45, 2.75) is 85.0 Å². The highest BCUT2D eigenvalue weighted by Crippen LogP contribution is 2.35. The predicted molar refractivity (Wildman–Crippen MR) is 164 cm³/mol. The van der Waals surface area contributed by atoms with Crippen molar-refractivity contribution in [1.29, 1.82) is 0 Å². The van der Waals surface area contributed by atoms with E-state index in [4.69, 9.17) is 0 Å². The lowest BCUT2D eigenvalue weighted by Gasteiger charge is -2.23. The second kappa shape index (κ2) is 15.7. The van der Waals surface area contributed by atoms with Crippen LogP contribution in [0.1, 0.15) is 95.3 Å². The van der Waals surface area contributed by atoms with Gasteiger partial charge in [0.2, 0.25) is 11.8 Å². The number of fused-ring (bicyclic) bond motifs is 1. The van der Waals surface area contributed by atoms with Gasteiger partial charge in [-0.25, -0.2) is 0 Å². The molecule has 0 fully saturated rings. The Balaban J connectivity index is 1.64. The number of nitrogens with one attached hydrogen (secondary N) is 2. The molecule has 7 nitrogen and oxygen atoms in total. The molecule has 3 aromatic rings. The number of phenolic OH excluding ortho intramolecular Hbond substituents is 1. The standard InChI is InChI=1S/C33H43N3O4/c1-4-5-6-7-8-9-10-11-12-13-23-36(25(3)38)31-16-14-15-29-28(31)21-22-30(32(29)39)33(40)35-27-19-17-26(18-20-27)34-24(2)37/h14-22,39H,4-13,23H2,1-3H3,(H,34,37)(H,35,40). The van der Waals surface area contributed by atoms with Gasteiger partial charge in [0.05, 0.1) is 11.3 Å². The number of benzene rings is 3. The molecule has 7 heteroatoms. The number of nitrogens with zero attached hydrogens (tertiary/aromatic N) is 1.